The first-order valence-corrected chi connectivity index (χ1v) is 6.98. The number of hydrogen-bond donors (Lipinski definition) is 1. The van der Waals surface area contributed by atoms with Gasteiger partial charge in [0.2, 0.25) is 0 Å². The van der Waals surface area contributed by atoms with Gasteiger partial charge in [-0.3, -0.25) is 4.79 Å². The van der Waals surface area contributed by atoms with Crippen molar-refractivity contribution in [2.45, 2.75) is 45.7 Å². The van der Waals surface area contributed by atoms with Crippen molar-refractivity contribution in [3.8, 4) is 0 Å². The van der Waals surface area contributed by atoms with Gasteiger partial charge in [0.1, 0.15) is 0 Å². The second kappa shape index (κ2) is 7.45. The Morgan fingerprint density at radius 1 is 1.47 bits per heavy atom. The molecular weight excluding hydrogens is 234 g/mol. The van der Waals surface area contributed by atoms with E-state index in [1.807, 2.05) is 13.8 Å². The lowest BCUT2D eigenvalue weighted by atomic mass is 10.1. The third-order valence-corrected chi connectivity index (χ3v) is 3.20. The molecule has 0 aromatic carbocycles. The SMILES string of the molecule is CCOC(=O)CC(C)NC(C)Cc1ccsc1. The van der Waals surface area contributed by atoms with Gasteiger partial charge >= 0.3 is 5.97 Å². The summed E-state index contributed by atoms with van der Waals surface area (Å²) in [4.78, 5) is 11.3. The first-order chi connectivity index (χ1) is 8.11. The highest BCUT2D eigenvalue weighted by molar-refractivity contribution is 7.07. The maximum absolute atomic E-state index is 11.3. The van der Waals surface area contributed by atoms with Gasteiger partial charge in [-0.25, -0.2) is 0 Å². The van der Waals surface area contributed by atoms with Crippen molar-refractivity contribution in [1.29, 1.82) is 0 Å². The van der Waals surface area contributed by atoms with E-state index in [2.05, 4.69) is 29.1 Å². The van der Waals surface area contributed by atoms with Crippen LogP contribution in [-0.2, 0) is 16.0 Å². The van der Waals surface area contributed by atoms with Crippen molar-refractivity contribution >= 4 is 17.3 Å². The lowest BCUT2D eigenvalue weighted by Crippen LogP contribution is -2.37. The second-order valence-electron chi connectivity index (χ2n) is 4.31. The topological polar surface area (TPSA) is 38.3 Å². The molecular formula is C13H21NO2S. The Bertz CT molecular complexity index is 324. The Morgan fingerprint density at radius 2 is 2.24 bits per heavy atom. The van der Waals surface area contributed by atoms with Crippen LogP contribution in [0.15, 0.2) is 16.8 Å². The molecule has 3 nitrogen and oxygen atoms in total. The van der Waals surface area contributed by atoms with E-state index in [0.717, 1.165) is 6.42 Å². The van der Waals surface area contributed by atoms with Crippen LogP contribution in [0.5, 0.6) is 0 Å². The Hall–Kier alpha value is -0.870. The van der Waals surface area contributed by atoms with Gasteiger partial charge in [-0.2, -0.15) is 11.3 Å². The number of rotatable bonds is 7. The largest absolute Gasteiger partial charge is 0.466 e. The number of esters is 1. The zero-order chi connectivity index (χ0) is 12.7. The molecule has 96 valence electrons. The Kier molecular flexibility index (Phi) is 6.22. The summed E-state index contributed by atoms with van der Waals surface area (Å²) in [6.07, 6.45) is 1.43. The van der Waals surface area contributed by atoms with E-state index in [4.69, 9.17) is 4.74 Å². The molecule has 0 aliphatic heterocycles. The number of thiophene rings is 1. The van der Waals surface area contributed by atoms with Crippen LogP contribution in [0, 0.1) is 0 Å². The van der Waals surface area contributed by atoms with Crippen LogP contribution in [0.2, 0.25) is 0 Å². The van der Waals surface area contributed by atoms with E-state index in [1.165, 1.54) is 5.56 Å². The summed E-state index contributed by atoms with van der Waals surface area (Å²) < 4.78 is 4.92. The fourth-order valence-electron chi connectivity index (χ4n) is 1.84. The molecule has 1 N–H and O–H groups in total. The predicted octanol–water partition coefficient (Wildman–Crippen LogP) is 2.61. The molecule has 1 aromatic rings. The molecule has 0 aliphatic rings. The highest BCUT2D eigenvalue weighted by atomic mass is 32.1. The minimum absolute atomic E-state index is 0.129. The maximum atomic E-state index is 11.3. The van der Waals surface area contributed by atoms with Crippen molar-refractivity contribution in [3.05, 3.63) is 22.4 Å². The molecule has 0 fully saturated rings. The molecule has 0 saturated heterocycles. The number of carbonyl (C=O) groups excluding carboxylic acids is 1. The zero-order valence-electron chi connectivity index (χ0n) is 10.7. The summed E-state index contributed by atoms with van der Waals surface area (Å²) in [7, 11) is 0. The Balaban J connectivity index is 2.25. The maximum Gasteiger partial charge on any atom is 0.307 e. The fraction of sp³-hybridized carbons (Fsp3) is 0.615. The molecule has 2 unspecified atom stereocenters. The molecule has 2 atom stereocenters. The van der Waals surface area contributed by atoms with E-state index in [0.29, 0.717) is 19.1 Å². The Labute approximate surface area is 107 Å². The van der Waals surface area contributed by atoms with Crippen LogP contribution in [-0.4, -0.2) is 24.7 Å². The van der Waals surface area contributed by atoms with Crippen molar-refractivity contribution in [1.82, 2.24) is 5.32 Å². The summed E-state index contributed by atoms with van der Waals surface area (Å²) in [5, 5.41) is 7.66. The lowest BCUT2D eigenvalue weighted by Gasteiger charge is -2.19. The number of nitrogens with one attached hydrogen (secondary N) is 1. The van der Waals surface area contributed by atoms with Gasteiger partial charge in [-0.05, 0) is 49.6 Å². The third kappa shape index (κ3) is 5.84. The number of carbonyl (C=O) groups is 1. The minimum atomic E-state index is -0.129. The van der Waals surface area contributed by atoms with Crippen LogP contribution in [0.25, 0.3) is 0 Å². The summed E-state index contributed by atoms with van der Waals surface area (Å²) >= 11 is 1.72. The molecule has 0 amide bonds. The van der Waals surface area contributed by atoms with Crippen LogP contribution in [0.3, 0.4) is 0 Å². The fourth-order valence-corrected chi connectivity index (χ4v) is 2.52. The van der Waals surface area contributed by atoms with Crippen LogP contribution >= 0.6 is 11.3 Å². The minimum Gasteiger partial charge on any atom is -0.466 e. The highest BCUT2D eigenvalue weighted by Gasteiger charge is 2.12. The van der Waals surface area contributed by atoms with E-state index in [9.17, 15) is 4.79 Å². The summed E-state index contributed by atoms with van der Waals surface area (Å²) in [6.45, 7) is 6.44. The summed E-state index contributed by atoms with van der Waals surface area (Å²) in [5.41, 5.74) is 1.35. The number of ether oxygens (including phenoxy) is 1. The first-order valence-electron chi connectivity index (χ1n) is 6.04. The molecule has 4 heteroatoms. The van der Waals surface area contributed by atoms with Gasteiger partial charge in [0.05, 0.1) is 13.0 Å². The number of hydrogen-bond acceptors (Lipinski definition) is 4. The average molecular weight is 255 g/mol. The van der Waals surface area contributed by atoms with Crippen molar-refractivity contribution in [2.24, 2.45) is 0 Å². The molecule has 1 rings (SSSR count). The van der Waals surface area contributed by atoms with E-state index >= 15 is 0 Å². The zero-order valence-corrected chi connectivity index (χ0v) is 11.5. The average Bonchev–Trinajstić information content (AvgIpc) is 2.69. The van der Waals surface area contributed by atoms with Crippen LogP contribution in [0.4, 0.5) is 0 Å². The summed E-state index contributed by atoms with van der Waals surface area (Å²) in [6, 6.07) is 2.66. The van der Waals surface area contributed by atoms with E-state index < -0.39 is 0 Å². The molecule has 1 aromatic heterocycles. The van der Waals surface area contributed by atoms with Gasteiger partial charge in [0.25, 0.3) is 0 Å². The predicted molar refractivity (Wildman–Crippen MR) is 71.3 cm³/mol. The molecule has 0 saturated carbocycles. The highest BCUT2D eigenvalue weighted by Crippen LogP contribution is 2.09. The molecule has 0 spiro atoms. The second-order valence-corrected chi connectivity index (χ2v) is 5.09. The third-order valence-electron chi connectivity index (χ3n) is 2.47. The molecule has 0 aliphatic carbocycles. The molecule has 17 heavy (non-hydrogen) atoms. The van der Waals surface area contributed by atoms with E-state index in [-0.39, 0.29) is 12.0 Å². The monoisotopic (exact) mass is 255 g/mol. The van der Waals surface area contributed by atoms with Crippen LogP contribution < -0.4 is 5.32 Å². The molecule has 1 heterocycles. The smallest absolute Gasteiger partial charge is 0.307 e. The van der Waals surface area contributed by atoms with Crippen molar-refractivity contribution in [2.75, 3.05) is 6.61 Å². The lowest BCUT2D eigenvalue weighted by molar-refractivity contribution is -0.143. The molecule has 0 bridgehead atoms. The summed E-state index contributed by atoms with van der Waals surface area (Å²) in [5.74, 6) is -0.129. The van der Waals surface area contributed by atoms with Crippen molar-refractivity contribution in [3.63, 3.8) is 0 Å². The standard InChI is InChI=1S/C13H21NO2S/c1-4-16-13(15)8-11(3)14-10(2)7-12-5-6-17-9-12/h5-6,9-11,14H,4,7-8H2,1-3H3. The van der Waals surface area contributed by atoms with Gasteiger partial charge in [-0.1, -0.05) is 0 Å². The van der Waals surface area contributed by atoms with Gasteiger partial charge in [0.15, 0.2) is 0 Å². The quantitative estimate of drug-likeness (QED) is 0.761. The van der Waals surface area contributed by atoms with Gasteiger partial charge < -0.3 is 10.1 Å². The first kappa shape index (κ1) is 14.2. The van der Waals surface area contributed by atoms with Crippen molar-refractivity contribution < 1.29 is 9.53 Å². The van der Waals surface area contributed by atoms with E-state index in [1.54, 1.807) is 11.3 Å². The van der Waals surface area contributed by atoms with Gasteiger partial charge in [-0.15, -0.1) is 0 Å². The normalized spacial score (nSPS) is 14.3. The van der Waals surface area contributed by atoms with Gasteiger partial charge in [0, 0.05) is 12.1 Å². The molecule has 0 radical (unpaired) electrons. The van der Waals surface area contributed by atoms with Crippen LogP contribution in [0.1, 0.15) is 32.8 Å². The Morgan fingerprint density at radius 3 is 2.82 bits per heavy atom.